The van der Waals surface area contributed by atoms with Crippen LogP contribution in [0.4, 0.5) is 0 Å². The van der Waals surface area contributed by atoms with Crippen molar-refractivity contribution in [2.75, 3.05) is 18.7 Å². The molecule has 0 aliphatic rings. The van der Waals surface area contributed by atoms with Gasteiger partial charge in [-0.25, -0.2) is 23.1 Å². The Bertz CT molecular complexity index is 715. The number of fused-ring (bicyclic) bond motifs is 1. The Labute approximate surface area is 127 Å². The van der Waals surface area contributed by atoms with Gasteiger partial charge in [-0.05, 0) is 6.07 Å². The van der Waals surface area contributed by atoms with Gasteiger partial charge >= 0.3 is 0 Å². The Kier molecular flexibility index (Phi) is 4.85. The van der Waals surface area contributed by atoms with E-state index >= 15 is 0 Å². The number of alkyl halides is 1. The van der Waals surface area contributed by atoms with E-state index in [1.807, 2.05) is 4.57 Å². The van der Waals surface area contributed by atoms with E-state index in [-0.39, 0.29) is 6.54 Å². The molecule has 0 saturated heterocycles. The van der Waals surface area contributed by atoms with Crippen LogP contribution in [-0.4, -0.2) is 41.6 Å². The lowest BCUT2D eigenvalue weighted by Crippen LogP contribution is -2.26. The molecule has 9 heteroatoms. The molecule has 0 bridgehead atoms. The van der Waals surface area contributed by atoms with Gasteiger partial charge in [0.25, 0.3) is 0 Å². The van der Waals surface area contributed by atoms with E-state index < -0.39 is 10.0 Å². The number of rotatable bonds is 6. The van der Waals surface area contributed by atoms with Gasteiger partial charge < -0.3 is 4.57 Å². The standard InChI is InChI=1S/C11H14Cl2N4O2S/c1-20(18,19)15-4-5-17-10(2-3-12)16-9-6-8(13)7-14-11(9)17/h6-7,15H,2-5H2,1H3. The number of imidazole rings is 1. The second kappa shape index (κ2) is 6.26. The largest absolute Gasteiger partial charge is 0.311 e. The van der Waals surface area contributed by atoms with E-state index in [0.717, 1.165) is 12.1 Å². The van der Waals surface area contributed by atoms with E-state index in [1.54, 1.807) is 6.07 Å². The second-order valence-electron chi connectivity index (χ2n) is 4.28. The third kappa shape index (κ3) is 3.82. The molecule has 2 rings (SSSR count). The van der Waals surface area contributed by atoms with Crippen molar-refractivity contribution in [3.05, 3.63) is 23.1 Å². The van der Waals surface area contributed by atoms with Gasteiger partial charge in [-0.3, -0.25) is 0 Å². The van der Waals surface area contributed by atoms with Crippen molar-refractivity contribution in [2.24, 2.45) is 0 Å². The summed E-state index contributed by atoms with van der Waals surface area (Å²) in [7, 11) is -3.21. The predicted octanol–water partition coefficient (Wildman–Crippen LogP) is 1.42. The molecule has 0 radical (unpaired) electrons. The molecule has 2 heterocycles. The van der Waals surface area contributed by atoms with Gasteiger partial charge in [0, 0.05) is 31.6 Å². The summed E-state index contributed by atoms with van der Waals surface area (Å²) in [5, 5.41) is 0.508. The Morgan fingerprint density at radius 3 is 2.85 bits per heavy atom. The van der Waals surface area contributed by atoms with Crippen molar-refractivity contribution < 1.29 is 8.42 Å². The highest BCUT2D eigenvalue weighted by Gasteiger charge is 2.12. The molecule has 1 N–H and O–H groups in total. The summed E-state index contributed by atoms with van der Waals surface area (Å²) in [5.41, 5.74) is 1.35. The molecule has 0 amide bonds. The fourth-order valence-electron chi connectivity index (χ4n) is 1.89. The van der Waals surface area contributed by atoms with E-state index in [4.69, 9.17) is 23.2 Å². The van der Waals surface area contributed by atoms with Gasteiger partial charge in [0.15, 0.2) is 5.65 Å². The molecule has 110 valence electrons. The average Bonchev–Trinajstić information content (AvgIpc) is 2.65. The maximum atomic E-state index is 11.1. The van der Waals surface area contributed by atoms with Gasteiger partial charge in [0.1, 0.15) is 11.3 Å². The van der Waals surface area contributed by atoms with Crippen LogP contribution in [0.2, 0.25) is 5.02 Å². The number of pyridine rings is 1. The number of nitrogens with one attached hydrogen (secondary N) is 1. The highest BCUT2D eigenvalue weighted by atomic mass is 35.5. The fourth-order valence-corrected chi connectivity index (χ4v) is 2.67. The van der Waals surface area contributed by atoms with Crippen LogP contribution in [-0.2, 0) is 23.0 Å². The molecular weight excluding hydrogens is 323 g/mol. The summed E-state index contributed by atoms with van der Waals surface area (Å²) in [6, 6.07) is 1.72. The summed E-state index contributed by atoms with van der Waals surface area (Å²) in [5.74, 6) is 1.19. The topological polar surface area (TPSA) is 76.9 Å². The molecule has 0 fully saturated rings. The van der Waals surface area contributed by atoms with Crippen molar-refractivity contribution >= 4 is 44.4 Å². The SMILES string of the molecule is CS(=O)(=O)NCCn1c(CCCl)nc2cc(Cl)cnc21. The smallest absolute Gasteiger partial charge is 0.208 e. The number of aryl methyl sites for hydroxylation is 1. The van der Waals surface area contributed by atoms with Crippen molar-refractivity contribution in [3.63, 3.8) is 0 Å². The summed E-state index contributed by atoms with van der Waals surface area (Å²) in [6.45, 7) is 0.703. The van der Waals surface area contributed by atoms with Gasteiger partial charge in [-0.15, -0.1) is 11.6 Å². The van der Waals surface area contributed by atoms with Crippen molar-refractivity contribution in [2.45, 2.75) is 13.0 Å². The van der Waals surface area contributed by atoms with Crippen LogP contribution in [0, 0.1) is 0 Å². The number of aromatic nitrogens is 3. The van der Waals surface area contributed by atoms with E-state index in [1.165, 1.54) is 6.20 Å². The Balaban J connectivity index is 2.31. The summed E-state index contributed by atoms with van der Waals surface area (Å²) >= 11 is 11.7. The minimum Gasteiger partial charge on any atom is -0.311 e. The van der Waals surface area contributed by atoms with Crippen molar-refractivity contribution in [1.29, 1.82) is 0 Å². The first kappa shape index (κ1) is 15.5. The molecule has 0 saturated carbocycles. The van der Waals surface area contributed by atoms with Gasteiger partial charge in [0.05, 0.1) is 11.3 Å². The normalized spacial score (nSPS) is 12.2. The third-order valence-electron chi connectivity index (χ3n) is 2.65. The number of nitrogens with zero attached hydrogens (tertiary/aromatic N) is 3. The second-order valence-corrected chi connectivity index (χ2v) is 6.93. The number of sulfonamides is 1. The van der Waals surface area contributed by atoms with Gasteiger partial charge in [-0.2, -0.15) is 0 Å². The average molecular weight is 337 g/mol. The molecule has 2 aromatic heterocycles. The predicted molar refractivity (Wildman–Crippen MR) is 79.8 cm³/mol. The molecule has 0 aliphatic carbocycles. The van der Waals surface area contributed by atoms with Crippen LogP contribution >= 0.6 is 23.2 Å². The maximum Gasteiger partial charge on any atom is 0.208 e. The first-order chi connectivity index (χ1) is 9.40. The molecule has 0 aromatic carbocycles. The zero-order chi connectivity index (χ0) is 14.8. The van der Waals surface area contributed by atoms with Crippen LogP contribution in [0.1, 0.15) is 5.82 Å². The number of hydrogen-bond donors (Lipinski definition) is 1. The van der Waals surface area contributed by atoms with E-state index in [2.05, 4.69) is 14.7 Å². The summed E-state index contributed by atoms with van der Waals surface area (Å²) < 4.78 is 26.5. The van der Waals surface area contributed by atoms with Crippen LogP contribution in [0.3, 0.4) is 0 Å². The van der Waals surface area contributed by atoms with Crippen molar-refractivity contribution in [3.8, 4) is 0 Å². The monoisotopic (exact) mass is 336 g/mol. The highest BCUT2D eigenvalue weighted by Crippen LogP contribution is 2.18. The number of hydrogen-bond acceptors (Lipinski definition) is 4. The minimum atomic E-state index is -3.21. The zero-order valence-electron chi connectivity index (χ0n) is 10.8. The van der Waals surface area contributed by atoms with E-state index in [9.17, 15) is 8.42 Å². The lowest BCUT2D eigenvalue weighted by molar-refractivity contribution is 0.577. The highest BCUT2D eigenvalue weighted by molar-refractivity contribution is 7.88. The van der Waals surface area contributed by atoms with Crippen LogP contribution in [0.25, 0.3) is 11.2 Å². The first-order valence-electron chi connectivity index (χ1n) is 5.92. The van der Waals surface area contributed by atoms with Crippen LogP contribution < -0.4 is 4.72 Å². The summed E-state index contributed by atoms with van der Waals surface area (Å²) in [4.78, 5) is 8.68. The molecule has 0 atom stereocenters. The molecule has 0 spiro atoms. The van der Waals surface area contributed by atoms with Crippen LogP contribution in [0.5, 0.6) is 0 Å². The Morgan fingerprint density at radius 1 is 1.45 bits per heavy atom. The maximum absolute atomic E-state index is 11.1. The van der Waals surface area contributed by atoms with Crippen LogP contribution in [0.15, 0.2) is 12.3 Å². The molecular formula is C11H14Cl2N4O2S. The molecule has 0 aliphatic heterocycles. The van der Waals surface area contributed by atoms with Gasteiger partial charge in [-0.1, -0.05) is 11.6 Å². The fraction of sp³-hybridized carbons (Fsp3) is 0.455. The quantitative estimate of drug-likeness (QED) is 0.809. The first-order valence-corrected chi connectivity index (χ1v) is 8.72. The lowest BCUT2D eigenvalue weighted by Gasteiger charge is -2.08. The molecule has 2 aromatic rings. The lowest BCUT2D eigenvalue weighted by atomic mass is 10.4. The zero-order valence-corrected chi connectivity index (χ0v) is 13.1. The minimum absolute atomic E-state index is 0.268. The van der Waals surface area contributed by atoms with E-state index in [0.29, 0.717) is 35.0 Å². The molecule has 0 unspecified atom stereocenters. The Hall–Kier alpha value is -0.890. The molecule has 6 nitrogen and oxygen atoms in total. The Morgan fingerprint density at radius 2 is 2.20 bits per heavy atom. The van der Waals surface area contributed by atoms with Gasteiger partial charge in [0.2, 0.25) is 10.0 Å². The third-order valence-corrected chi connectivity index (χ3v) is 3.77. The van der Waals surface area contributed by atoms with Crippen molar-refractivity contribution in [1.82, 2.24) is 19.3 Å². The number of halogens is 2. The summed E-state index contributed by atoms with van der Waals surface area (Å²) in [6.07, 6.45) is 3.24. The molecule has 20 heavy (non-hydrogen) atoms.